The van der Waals surface area contributed by atoms with Crippen LogP contribution in [0.5, 0.6) is 0 Å². The van der Waals surface area contributed by atoms with Crippen molar-refractivity contribution in [2.24, 2.45) is 5.92 Å². The number of para-hydroxylation sites is 1. The summed E-state index contributed by atoms with van der Waals surface area (Å²) in [5, 5.41) is 2.73. The van der Waals surface area contributed by atoms with Crippen molar-refractivity contribution in [1.29, 1.82) is 0 Å². The van der Waals surface area contributed by atoms with Gasteiger partial charge in [-0.05, 0) is 43.3 Å². The van der Waals surface area contributed by atoms with Crippen molar-refractivity contribution in [2.75, 3.05) is 23.4 Å². The number of esters is 1. The summed E-state index contributed by atoms with van der Waals surface area (Å²) in [6, 6.07) is 12.3. The maximum atomic E-state index is 13.9. The summed E-state index contributed by atoms with van der Waals surface area (Å²) in [6.07, 6.45) is 0.0150. The van der Waals surface area contributed by atoms with Crippen molar-refractivity contribution in [3.05, 3.63) is 59.9 Å². The number of benzene rings is 2. The minimum absolute atomic E-state index is 0.0150. The quantitative estimate of drug-likeness (QED) is 0.821. The van der Waals surface area contributed by atoms with E-state index in [1.54, 1.807) is 43.3 Å². The van der Waals surface area contributed by atoms with Gasteiger partial charge >= 0.3 is 5.97 Å². The molecule has 27 heavy (non-hydrogen) atoms. The number of anilines is 2. The van der Waals surface area contributed by atoms with E-state index >= 15 is 0 Å². The Labute approximate surface area is 155 Å². The second-order valence-corrected chi connectivity index (χ2v) is 6.14. The van der Waals surface area contributed by atoms with E-state index in [-0.39, 0.29) is 37.1 Å². The van der Waals surface area contributed by atoms with Gasteiger partial charge in [-0.25, -0.2) is 9.18 Å². The third-order valence-electron chi connectivity index (χ3n) is 4.30. The zero-order chi connectivity index (χ0) is 19.4. The van der Waals surface area contributed by atoms with Crippen molar-refractivity contribution < 1.29 is 23.5 Å². The maximum Gasteiger partial charge on any atom is 0.338 e. The summed E-state index contributed by atoms with van der Waals surface area (Å²) in [5.41, 5.74) is 1.07. The first kappa shape index (κ1) is 18.6. The number of hydrogen-bond donors (Lipinski definition) is 1. The van der Waals surface area contributed by atoms with E-state index in [9.17, 15) is 18.8 Å². The molecule has 0 aromatic heterocycles. The molecule has 0 radical (unpaired) electrons. The van der Waals surface area contributed by atoms with Crippen LogP contribution in [0.1, 0.15) is 23.7 Å². The van der Waals surface area contributed by atoms with E-state index in [1.807, 2.05) is 0 Å². The van der Waals surface area contributed by atoms with Gasteiger partial charge in [-0.3, -0.25) is 9.59 Å². The van der Waals surface area contributed by atoms with Crippen molar-refractivity contribution in [3.8, 4) is 0 Å². The summed E-state index contributed by atoms with van der Waals surface area (Å²) in [7, 11) is 0. The first-order chi connectivity index (χ1) is 13.0. The van der Waals surface area contributed by atoms with Gasteiger partial charge in [-0.2, -0.15) is 0 Å². The molecule has 1 aliphatic heterocycles. The van der Waals surface area contributed by atoms with Gasteiger partial charge in [0.2, 0.25) is 11.8 Å². The Morgan fingerprint density at radius 3 is 2.56 bits per heavy atom. The predicted molar refractivity (Wildman–Crippen MR) is 97.9 cm³/mol. The minimum atomic E-state index is -0.582. The summed E-state index contributed by atoms with van der Waals surface area (Å²) in [6.45, 7) is 2.12. The van der Waals surface area contributed by atoms with Gasteiger partial charge in [0.05, 0.1) is 23.8 Å². The molecule has 2 aromatic carbocycles. The molecule has 0 spiro atoms. The van der Waals surface area contributed by atoms with Crippen LogP contribution in [0.2, 0.25) is 0 Å². The molecule has 1 unspecified atom stereocenters. The van der Waals surface area contributed by atoms with Gasteiger partial charge in [0, 0.05) is 18.7 Å². The molecular formula is C20H19FN2O4. The zero-order valence-electron chi connectivity index (χ0n) is 14.8. The molecule has 1 N–H and O–H groups in total. The molecule has 0 saturated carbocycles. The van der Waals surface area contributed by atoms with Crippen LogP contribution in [0.25, 0.3) is 0 Å². The Morgan fingerprint density at radius 2 is 1.89 bits per heavy atom. The summed E-state index contributed by atoms with van der Waals surface area (Å²) < 4.78 is 18.8. The van der Waals surface area contributed by atoms with Crippen LogP contribution in [0.3, 0.4) is 0 Å². The molecule has 1 saturated heterocycles. The fourth-order valence-corrected chi connectivity index (χ4v) is 2.94. The lowest BCUT2D eigenvalue weighted by Gasteiger charge is -2.17. The SMILES string of the molecule is CCOC(=O)c1ccc(NC(=O)C2CC(=O)N(c3ccccc3F)C2)cc1. The van der Waals surface area contributed by atoms with Crippen LogP contribution in [0.4, 0.5) is 15.8 Å². The van der Waals surface area contributed by atoms with Gasteiger partial charge < -0.3 is 15.0 Å². The summed E-state index contributed by atoms with van der Waals surface area (Å²) in [5.74, 6) is -2.13. The largest absolute Gasteiger partial charge is 0.462 e. The zero-order valence-corrected chi connectivity index (χ0v) is 14.8. The molecule has 0 aliphatic carbocycles. The van der Waals surface area contributed by atoms with E-state index in [4.69, 9.17) is 4.74 Å². The third kappa shape index (κ3) is 4.13. The Hall–Kier alpha value is -3.22. The molecule has 140 valence electrons. The van der Waals surface area contributed by atoms with E-state index in [1.165, 1.54) is 17.0 Å². The standard InChI is InChI=1S/C20H19FN2O4/c1-2-27-20(26)13-7-9-15(10-8-13)22-19(25)14-11-18(24)23(12-14)17-6-4-3-5-16(17)21/h3-10,14H,2,11-12H2,1H3,(H,22,25). The van der Waals surface area contributed by atoms with Crippen LogP contribution in [0, 0.1) is 11.7 Å². The second-order valence-electron chi connectivity index (χ2n) is 6.14. The molecule has 1 heterocycles. The molecule has 7 heteroatoms. The number of carbonyl (C=O) groups excluding carboxylic acids is 3. The number of carbonyl (C=O) groups is 3. The third-order valence-corrected chi connectivity index (χ3v) is 4.30. The average molecular weight is 370 g/mol. The predicted octanol–water partition coefficient (Wildman–Crippen LogP) is 2.99. The van der Waals surface area contributed by atoms with Crippen LogP contribution < -0.4 is 10.2 Å². The molecule has 3 rings (SSSR count). The molecule has 2 amide bonds. The van der Waals surface area contributed by atoms with Gasteiger partial charge in [0.1, 0.15) is 5.82 Å². The van der Waals surface area contributed by atoms with Crippen molar-refractivity contribution in [2.45, 2.75) is 13.3 Å². The Kier molecular flexibility index (Phi) is 5.49. The minimum Gasteiger partial charge on any atom is -0.462 e. The topological polar surface area (TPSA) is 75.7 Å². The van der Waals surface area contributed by atoms with Crippen molar-refractivity contribution >= 4 is 29.2 Å². The summed E-state index contributed by atoms with van der Waals surface area (Å²) >= 11 is 0. The van der Waals surface area contributed by atoms with E-state index in [0.717, 1.165) is 0 Å². The molecular weight excluding hydrogens is 351 g/mol. The molecule has 0 bridgehead atoms. The van der Waals surface area contributed by atoms with Crippen LogP contribution in [-0.2, 0) is 14.3 Å². The second kappa shape index (κ2) is 7.99. The Bertz CT molecular complexity index is 867. The highest BCUT2D eigenvalue weighted by molar-refractivity contribution is 6.03. The molecule has 6 nitrogen and oxygen atoms in total. The fourth-order valence-electron chi connectivity index (χ4n) is 2.94. The van der Waals surface area contributed by atoms with E-state index in [2.05, 4.69) is 5.32 Å². The highest BCUT2D eigenvalue weighted by atomic mass is 19.1. The molecule has 1 atom stereocenters. The lowest BCUT2D eigenvalue weighted by Crippen LogP contribution is -2.28. The molecule has 1 fully saturated rings. The number of nitrogens with one attached hydrogen (secondary N) is 1. The lowest BCUT2D eigenvalue weighted by atomic mass is 10.1. The van der Waals surface area contributed by atoms with Gasteiger partial charge in [0.15, 0.2) is 0 Å². The van der Waals surface area contributed by atoms with Gasteiger partial charge in [-0.15, -0.1) is 0 Å². The smallest absolute Gasteiger partial charge is 0.338 e. The first-order valence-corrected chi connectivity index (χ1v) is 8.62. The number of ether oxygens (including phenoxy) is 1. The van der Waals surface area contributed by atoms with Crippen LogP contribution in [-0.4, -0.2) is 30.9 Å². The number of nitrogens with zero attached hydrogens (tertiary/aromatic N) is 1. The van der Waals surface area contributed by atoms with E-state index in [0.29, 0.717) is 11.3 Å². The Morgan fingerprint density at radius 1 is 1.19 bits per heavy atom. The molecule has 1 aliphatic rings. The first-order valence-electron chi connectivity index (χ1n) is 8.62. The van der Waals surface area contributed by atoms with Crippen LogP contribution >= 0.6 is 0 Å². The monoisotopic (exact) mass is 370 g/mol. The molecule has 2 aromatic rings. The highest BCUT2D eigenvalue weighted by Gasteiger charge is 2.36. The normalized spacial score (nSPS) is 16.3. The number of hydrogen-bond acceptors (Lipinski definition) is 4. The number of halogens is 1. The maximum absolute atomic E-state index is 13.9. The lowest BCUT2D eigenvalue weighted by molar-refractivity contribution is -0.122. The van der Waals surface area contributed by atoms with Crippen LogP contribution in [0.15, 0.2) is 48.5 Å². The average Bonchev–Trinajstić information content (AvgIpc) is 3.04. The highest BCUT2D eigenvalue weighted by Crippen LogP contribution is 2.28. The van der Waals surface area contributed by atoms with E-state index < -0.39 is 17.7 Å². The summed E-state index contributed by atoms with van der Waals surface area (Å²) in [4.78, 5) is 37.6. The van der Waals surface area contributed by atoms with Crippen molar-refractivity contribution in [1.82, 2.24) is 0 Å². The van der Waals surface area contributed by atoms with Gasteiger partial charge in [-0.1, -0.05) is 12.1 Å². The Balaban J connectivity index is 1.64. The fraction of sp³-hybridized carbons (Fsp3) is 0.250. The van der Waals surface area contributed by atoms with Gasteiger partial charge in [0.25, 0.3) is 0 Å². The number of amides is 2. The van der Waals surface area contributed by atoms with Crippen molar-refractivity contribution in [3.63, 3.8) is 0 Å². The number of rotatable bonds is 5.